The van der Waals surface area contributed by atoms with E-state index >= 15 is 0 Å². The summed E-state index contributed by atoms with van der Waals surface area (Å²) in [5.41, 5.74) is 6.39. The Kier molecular flexibility index (Phi) is 11.7. The number of aliphatic hydroxyl groups is 1. The number of allylic oxidation sites excluding steroid dienone is 6. The van der Waals surface area contributed by atoms with Gasteiger partial charge in [0.05, 0.1) is 22.4 Å². The molecule has 2 aliphatic heterocycles. The largest absolute Gasteiger partial charge is 0.744 e. The predicted octanol–water partition coefficient (Wildman–Crippen LogP) is 8.06. The summed E-state index contributed by atoms with van der Waals surface area (Å²) in [4.78, 5) is 2.13. The molecule has 11 heteroatoms. The molecule has 2 heterocycles. The van der Waals surface area contributed by atoms with Gasteiger partial charge < -0.3 is 19.8 Å². The van der Waals surface area contributed by atoms with Crippen LogP contribution in [0.3, 0.4) is 0 Å². The number of hydrogen-bond donors (Lipinski definition) is 1. The minimum atomic E-state index is -4.79. The SMILES string of the molecule is CCN1C(=CC=CC=CC2=[N+](CCCCCO)c3ccc4ccccc4c3CC2(C)C)C(C)(C)Cc2c1ccc1c(SOO[O-])cc(S(=O)(=O)[O-])cc21. The normalized spacial score (nSPS) is 17.8. The maximum Gasteiger partial charge on any atom is 0.209 e. The van der Waals surface area contributed by atoms with Gasteiger partial charge in [-0.2, -0.15) is 8.91 Å². The van der Waals surface area contributed by atoms with Crippen molar-refractivity contribution in [2.24, 2.45) is 10.8 Å². The van der Waals surface area contributed by atoms with E-state index in [4.69, 9.17) is 0 Å². The second kappa shape index (κ2) is 15.9. The molecule has 0 aromatic heterocycles. The first-order chi connectivity index (χ1) is 25.3. The molecule has 0 bridgehead atoms. The van der Waals surface area contributed by atoms with E-state index in [9.17, 15) is 23.3 Å². The number of fused-ring (bicyclic) bond motifs is 6. The van der Waals surface area contributed by atoms with Crippen LogP contribution in [0.5, 0.6) is 0 Å². The topological polar surface area (TPSA) is 125 Å². The Morgan fingerprint density at radius 2 is 1.68 bits per heavy atom. The molecular weight excluding hydrogens is 709 g/mol. The van der Waals surface area contributed by atoms with Crippen molar-refractivity contribution in [1.82, 2.24) is 0 Å². The van der Waals surface area contributed by atoms with Crippen LogP contribution in [0.4, 0.5) is 11.4 Å². The molecular formula is C42H47N2O7S2-. The monoisotopic (exact) mass is 755 g/mol. The lowest BCUT2D eigenvalue weighted by Crippen LogP contribution is -2.38. The molecule has 0 saturated heterocycles. The zero-order valence-electron chi connectivity index (χ0n) is 30.9. The highest BCUT2D eigenvalue weighted by Gasteiger charge is 2.40. The third-order valence-corrected chi connectivity index (χ3v) is 11.9. The van der Waals surface area contributed by atoms with Crippen LogP contribution in [0.2, 0.25) is 0 Å². The predicted molar refractivity (Wildman–Crippen MR) is 209 cm³/mol. The van der Waals surface area contributed by atoms with Crippen LogP contribution in [0, 0.1) is 10.8 Å². The molecule has 280 valence electrons. The fraction of sp³-hybridized carbons (Fsp3) is 0.357. The van der Waals surface area contributed by atoms with Gasteiger partial charge in [0.25, 0.3) is 0 Å². The smallest absolute Gasteiger partial charge is 0.209 e. The van der Waals surface area contributed by atoms with E-state index in [1.165, 1.54) is 39.9 Å². The molecule has 9 nitrogen and oxygen atoms in total. The van der Waals surface area contributed by atoms with Gasteiger partial charge in [0.1, 0.15) is 16.7 Å². The van der Waals surface area contributed by atoms with E-state index in [2.05, 4.69) is 120 Å². The molecule has 6 rings (SSSR count). The average molecular weight is 756 g/mol. The summed E-state index contributed by atoms with van der Waals surface area (Å²) in [7, 11) is -4.79. The molecule has 4 aromatic carbocycles. The number of rotatable bonds is 13. The van der Waals surface area contributed by atoms with Crippen LogP contribution in [-0.4, -0.2) is 48.1 Å². The number of anilines is 1. The Bertz CT molecular complexity index is 2250. The molecule has 0 atom stereocenters. The Morgan fingerprint density at radius 1 is 0.906 bits per heavy atom. The van der Waals surface area contributed by atoms with Gasteiger partial charge in [0.15, 0.2) is 5.71 Å². The Balaban J connectivity index is 1.36. The van der Waals surface area contributed by atoms with Crippen LogP contribution in [0.1, 0.15) is 65.0 Å². The van der Waals surface area contributed by atoms with Crippen molar-refractivity contribution >= 4 is 60.8 Å². The fourth-order valence-electron chi connectivity index (χ4n) is 8.07. The quantitative estimate of drug-likeness (QED) is 0.0274. The number of aliphatic hydroxyl groups excluding tert-OH is 1. The van der Waals surface area contributed by atoms with Gasteiger partial charge in [-0.3, -0.25) is 5.04 Å². The van der Waals surface area contributed by atoms with Crippen molar-refractivity contribution in [1.29, 1.82) is 0 Å². The summed E-state index contributed by atoms with van der Waals surface area (Å²) < 4.78 is 43.4. The van der Waals surface area contributed by atoms with Gasteiger partial charge in [0.2, 0.25) is 5.69 Å². The Hall–Kier alpha value is -3.81. The van der Waals surface area contributed by atoms with Gasteiger partial charge in [-0.15, -0.1) is 0 Å². The van der Waals surface area contributed by atoms with E-state index in [0.717, 1.165) is 49.2 Å². The van der Waals surface area contributed by atoms with Crippen molar-refractivity contribution in [2.45, 2.75) is 76.5 Å². The minimum Gasteiger partial charge on any atom is -0.744 e. The highest BCUT2D eigenvalue weighted by molar-refractivity contribution is 7.94. The Labute approximate surface area is 316 Å². The summed E-state index contributed by atoms with van der Waals surface area (Å²) in [5, 5.41) is 27.3. The van der Waals surface area contributed by atoms with Crippen LogP contribution in [0.25, 0.3) is 21.5 Å². The minimum absolute atomic E-state index is 0.106. The zero-order valence-corrected chi connectivity index (χ0v) is 32.6. The lowest BCUT2D eigenvalue weighted by Gasteiger charge is -2.43. The first-order valence-electron chi connectivity index (χ1n) is 18.1. The number of hydrogen-bond acceptors (Lipinski definition) is 9. The van der Waals surface area contributed by atoms with Crippen LogP contribution < -0.4 is 10.2 Å². The second-order valence-corrected chi connectivity index (χ2v) is 17.1. The van der Waals surface area contributed by atoms with E-state index in [-0.39, 0.29) is 17.4 Å². The first-order valence-corrected chi connectivity index (χ1v) is 20.2. The number of unbranched alkanes of at least 4 members (excludes halogenated alkanes) is 2. The highest BCUT2D eigenvalue weighted by Crippen LogP contribution is 2.48. The average Bonchev–Trinajstić information content (AvgIpc) is 3.11. The molecule has 0 unspecified atom stereocenters. The van der Waals surface area contributed by atoms with Crippen LogP contribution >= 0.6 is 12.0 Å². The fourth-order valence-corrected chi connectivity index (χ4v) is 9.22. The van der Waals surface area contributed by atoms with E-state index in [1.54, 1.807) is 0 Å². The molecule has 0 radical (unpaired) electrons. The molecule has 0 saturated carbocycles. The van der Waals surface area contributed by atoms with E-state index in [0.29, 0.717) is 40.7 Å². The summed E-state index contributed by atoms with van der Waals surface area (Å²) >= 11 is 0.574. The van der Waals surface area contributed by atoms with Gasteiger partial charge >= 0.3 is 0 Å². The summed E-state index contributed by atoms with van der Waals surface area (Å²) in [6.45, 7) is 12.8. The molecule has 2 aliphatic rings. The van der Waals surface area contributed by atoms with Crippen molar-refractivity contribution in [2.75, 3.05) is 24.6 Å². The van der Waals surface area contributed by atoms with Crippen molar-refractivity contribution in [3.05, 3.63) is 108 Å². The van der Waals surface area contributed by atoms with Crippen molar-refractivity contribution in [3.63, 3.8) is 0 Å². The van der Waals surface area contributed by atoms with Gasteiger partial charge in [-0.25, -0.2) is 8.42 Å². The van der Waals surface area contributed by atoms with E-state index < -0.39 is 15.0 Å². The van der Waals surface area contributed by atoms with Gasteiger partial charge in [-0.05, 0) is 104 Å². The summed E-state index contributed by atoms with van der Waals surface area (Å²) in [5.74, 6) is 0. The molecule has 53 heavy (non-hydrogen) atoms. The molecule has 4 aromatic rings. The summed E-state index contributed by atoms with van der Waals surface area (Å²) in [6.07, 6.45) is 14.9. The van der Waals surface area contributed by atoms with Gasteiger partial charge in [-0.1, -0.05) is 62.4 Å². The molecule has 0 fully saturated rings. The van der Waals surface area contributed by atoms with Crippen molar-refractivity contribution < 1.29 is 37.3 Å². The number of benzene rings is 4. The lowest BCUT2D eigenvalue weighted by atomic mass is 9.76. The molecule has 0 spiro atoms. The standard InChI is InChI=1S/C42H48N2O7S2/c1-6-43-36-22-20-32-33(25-30(53(47,48)49)26-38(32)52-51-50-46)35(36)28-41(2,3)39(43)17-9-7-10-18-40-42(4,5)27-34-31-16-12-11-15-29(31)19-21-37(34)44(40)23-13-8-14-24-45/h7,9-12,15-22,25-26,45H,6,8,13-14,23-24,27-28H2,1-5H3,(H-,46,47,48,49)/p-1. The van der Waals surface area contributed by atoms with E-state index in [1.807, 2.05) is 12.1 Å². The highest BCUT2D eigenvalue weighted by atomic mass is 32.2. The van der Waals surface area contributed by atoms with Crippen molar-refractivity contribution in [3.8, 4) is 0 Å². The number of nitrogens with zero attached hydrogens (tertiary/aromatic N) is 2. The van der Waals surface area contributed by atoms with Crippen LogP contribution in [0.15, 0.2) is 107 Å². The third-order valence-electron chi connectivity index (χ3n) is 10.5. The maximum absolute atomic E-state index is 12.1. The van der Waals surface area contributed by atoms with Crippen LogP contribution in [-0.2, 0) is 32.3 Å². The van der Waals surface area contributed by atoms with Gasteiger partial charge in [0, 0.05) is 59.0 Å². The summed E-state index contributed by atoms with van der Waals surface area (Å²) in [6, 6.07) is 19.5. The third kappa shape index (κ3) is 8.02. The second-order valence-electron chi connectivity index (χ2n) is 15.0. The molecule has 0 aliphatic carbocycles. The Morgan fingerprint density at radius 3 is 2.42 bits per heavy atom. The first kappa shape index (κ1) is 38.9. The molecule has 1 N–H and O–H groups in total. The lowest BCUT2D eigenvalue weighted by molar-refractivity contribution is -0.777. The molecule has 0 amide bonds. The zero-order chi connectivity index (χ0) is 38.0. The maximum atomic E-state index is 12.1.